The summed E-state index contributed by atoms with van der Waals surface area (Å²) in [5.74, 6) is 0.435. The largest absolute Gasteiger partial charge is 0.398 e. The molecule has 1 heteroatoms. The van der Waals surface area contributed by atoms with E-state index in [-0.39, 0.29) is 0 Å². The van der Waals surface area contributed by atoms with E-state index in [0.29, 0.717) is 5.92 Å². The molecule has 96 valence electrons. The lowest BCUT2D eigenvalue weighted by molar-refractivity contribution is 0.617. The topological polar surface area (TPSA) is 26.0 Å². The Morgan fingerprint density at radius 3 is 2.68 bits per heavy atom. The van der Waals surface area contributed by atoms with Crippen molar-refractivity contribution in [2.45, 2.75) is 25.2 Å². The van der Waals surface area contributed by atoms with Crippen LogP contribution in [-0.2, 0) is 6.42 Å². The molecule has 0 fully saturated rings. The van der Waals surface area contributed by atoms with Crippen LogP contribution in [0.25, 0.3) is 6.08 Å². The van der Waals surface area contributed by atoms with Gasteiger partial charge in [0.15, 0.2) is 0 Å². The highest BCUT2D eigenvalue weighted by atomic mass is 14.6. The van der Waals surface area contributed by atoms with Crippen molar-refractivity contribution in [1.82, 2.24) is 0 Å². The molecular weight excluding hydrogens is 230 g/mol. The predicted octanol–water partition coefficient (Wildman–Crippen LogP) is 4.38. The summed E-state index contributed by atoms with van der Waals surface area (Å²) in [4.78, 5) is 0. The standard InChI is InChI=1S/C18H19N/c1-2-13-8-5-12-17(18(13)19)16-11-6-9-14-7-3-4-10-15(14)16/h2-5,7-8,10,12,16H,1,6,9,11,19H2. The summed E-state index contributed by atoms with van der Waals surface area (Å²) in [7, 11) is 0. The third-order valence-electron chi connectivity index (χ3n) is 4.14. The first-order valence-electron chi connectivity index (χ1n) is 6.90. The molecule has 0 amide bonds. The molecule has 0 bridgehead atoms. The van der Waals surface area contributed by atoms with E-state index >= 15 is 0 Å². The molecule has 2 N–H and O–H groups in total. The van der Waals surface area contributed by atoms with Crippen molar-refractivity contribution in [2.75, 3.05) is 5.73 Å². The monoisotopic (exact) mass is 249 g/mol. The average Bonchev–Trinajstić information content (AvgIpc) is 2.47. The van der Waals surface area contributed by atoms with Gasteiger partial charge < -0.3 is 5.73 Å². The Hall–Kier alpha value is -2.02. The van der Waals surface area contributed by atoms with Gasteiger partial charge >= 0.3 is 0 Å². The maximum Gasteiger partial charge on any atom is 0.0426 e. The number of hydrogen-bond acceptors (Lipinski definition) is 1. The van der Waals surface area contributed by atoms with Crippen molar-refractivity contribution in [3.8, 4) is 0 Å². The third-order valence-corrected chi connectivity index (χ3v) is 4.14. The molecule has 1 nitrogen and oxygen atoms in total. The van der Waals surface area contributed by atoms with Gasteiger partial charge in [0.1, 0.15) is 0 Å². The average molecular weight is 249 g/mol. The summed E-state index contributed by atoms with van der Waals surface area (Å²) < 4.78 is 0. The van der Waals surface area contributed by atoms with Gasteiger partial charge in [-0.05, 0) is 41.5 Å². The molecule has 2 aromatic carbocycles. The SMILES string of the molecule is C=Cc1cccc(C2CCCc3ccccc32)c1N. The van der Waals surface area contributed by atoms with Crippen molar-refractivity contribution in [3.63, 3.8) is 0 Å². The minimum atomic E-state index is 0.435. The molecule has 0 aliphatic heterocycles. The summed E-state index contributed by atoms with van der Waals surface area (Å²) >= 11 is 0. The first-order valence-corrected chi connectivity index (χ1v) is 6.90. The van der Waals surface area contributed by atoms with E-state index in [2.05, 4.69) is 43.0 Å². The molecule has 0 heterocycles. The summed E-state index contributed by atoms with van der Waals surface area (Å²) in [5, 5.41) is 0. The Balaban J connectivity index is 2.11. The number of para-hydroxylation sites is 1. The van der Waals surface area contributed by atoms with Crippen LogP contribution < -0.4 is 5.73 Å². The Labute approximate surface area is 114 Å². The van der Waals surface area contributed by atoms with Crippen LogP contribution in [0.1, 0.15) is 41.0 Å². The summed E-state index contributed by atoms with van der Waals surface area (Å²) in [5.41, 5.74) is 12.4. The van der Waals surface area contributed by atoms with E-state index in [0.717, 1.165) is 11.3 Å². The molecule has 1 atom stereocenters. The van der Waals surface area contributed by atoms with Crippen molar-refractivity contribution < 1.29 is 0 Å². The number of hydrogen-bond donors (Lipinski definition) is 1. The molecule has 2 aromatic rings. The van der Waals surface area contributed by atoms with Gasteiger partial charge in [0.25, 0.3) is 0 Å². The lowest BCUT2D eigenvalue weighted by Gasteiger charge is -2.27. The Morgan fingerprint density at radius 1 is 1.05 bits per heavy atom. The van der Waals surface area contributed by atoms with E-state index in [1.54, 1.807) is 0 Å². The molecule has 0 radical (unpaired) electrons. The number of fused-ring (bicyclic) bond motifs is 1. The van der Waals surface area contributed by atoms with Crippen LogP contribution in [0.5, 0.6) is 0 Å². The van der Waals surface area contributed by atoms with Crippen LogP contribution in [0.4, 0.5) is 5.69 Å². The first-order chi connectivity index (χ1) is 9.31. The zero-order chi connectivity index (χ0) is 13.2. The predicted molar refractivity (Wildman–Crippen MR) is 82.2 cm³/mol. The second-order valence-electron chi connectivity index (χ2n) is 5.20. The van der Waals surface area contributed by atoms with Gasteiger partial charge in [0.2, 0.25) is 0 Å². The molecule has 0 saturated heterocycles. The number of aryl methyl sites for hydroxylation is 1. The van der Waals surface area contributed by atoms with Crippen molar-refractivity contribution >= 4 is 11.8 Å². The highest BCUT2D eigenvalue weighted by molar-refractivity contribution is 5.68. The maximum absolute atomic E-state index is 6.31. The molecule has 0 spiro atoms. The van der Waals surface area contributed by atoms with Crippen molar-refractivity contribution in [1.29, 1.82) is 0 Å². The van der Waals surface area contributed by atoms with Crippen molar-refractivity contribution in [2.24, 2.45) is 0 Å². The summed E-state index contributed by atoms with van der Waals surface area (Å²) in [6.45, 7) is 3.84. The first kappa shape index (κ1) is 12.0. The molecule has 3 rings (SSSR count). The van der Waals surface area contributed by atoms with Gasteiger partial charge in [-0.25, -0.2) is 0 Å². The molecule has 0 aromatic heterocycles. The fourth-order valence-corrected chi connectivity index (χ4v) is 3.16. The second kappa shape index (κ2) is 4.93. The number of nitrogen functional groups attached to an aromatic ring is 1. The Kier molecular flexibility index (Phi) is 3.12. The maximum atomic E-state index is 6.31. The molecule has 1 aliphatic rings. The second-order valence-corrected chi connectivity index (χ2v) is 5.20. The van der Waals surface area contributed by atoms with Crippen LogP contribution in [-0.4, -0.2) is 0 Å². The lowest BCUT2D eigenvalue weighted by atomic mass is 9.78. The fraction of sp³-hybridized carbons (Fsp3) is 0.222. The Bertz CT molecular complexity index is 613. The quantitative estimate of drug-likeness (QED) is 0.785. The number of benzene rings is 2. The van der Waals surface area contributed by atoms with Crippen LogP contribution in [0.2, 0.25) is 0 Å². The van der Waals surface area contributed by atoms with E-state index < -0.39 is 0 Å². The molecule has 0 saturated carbocycles. The molecule has 1 unspecified atom stereocenters. The summed E-state index contributed by atoms with van der Waals surface area (Å²) in [6, 6.07) is 15.0. The van der Waals surface area contributed by atoms with Gasteiger partial charge in [0.05, 0.1) is 0 Å². The van der Waals surface area contributed by atoms with Gasteiger partial charge in [-0.1, -0.05) is 55.1 Å². The number of nitrogens with two attached hydrogens (primary N) is 1. The van der Waals surface area contributed by atoms with Gasteiger partial charge in [-0.3, -0.25) is 0 Å². The van der Waals surface area contributed by atoms with Gasteiger partial charge in [0, 0.05) is 11.6 Å². The van der Waals surface area contributed by atoms with E-state index in [1.165, 1.54) is 36.0 Å². The molecule has 1 aliphatic carbocycles. The number of rotatable bonds is 2. The lowest BCUT2D eigenvalue weighted by Crippen LogP contribution is -2.13. The van der Waals surface area contributed by atoms with Crippen LogP contribution in [0.3, 0.4) is 0 Å². The van der Waals surface area contributed by atoms with E-state index in [1.807, 2.05) is 12.1 Å². The van der Waals surface area contributed by atoms with Crippen LogP contribution in [0, 0.1) is 0 Å². The number of anilines is 1. The summed E-state index contributed by atoms with van der Waals surface area (Å²) in [6.07, 6.45) is 5.45. The molecular formula is C18H19N. The smallest absolute Gasteiger partial charge is 0.0426 e. The zero-order valence-electron chi connectivity index (χ0n) is 11.1. The van der Waals surface area contributed by atoms with Crippen LogP contribution >= 0.6 is 0 Å². The normalized spacial score (nSPS) is 17.8. The fourth-order valence-electron chi connectivity index (χ4n) is 3.16. The van der Waals surface area contributed by atoms with E-state index in [9.17, 15) is 0 Å². The van der Waals surface area contributed by atoms with E-state index in [4.69, 9.17) is 5.73 Å². The van der Waals surface area contributed by atoms with Crippen molar-refractivity contribution in [3.05, 3.63) is 71.3 Å². The van der Waals surface area contributed by atoms with Gasteiger partial charge in [-0.15, -0.1) is 0 Å². The minimum Gasteiger partial charge on any atom is -0.398 e. The van der Waals surface area contributed by atoms with Gasteiger partial charge in [-0.2, -0.15) is 0 Å². The molecule has 19 heavy (non-hydrogen) atoms. The minimum absolute atomic E-state index is 0.435. The Morgan fingerprint density at radius 2 is 1.84 bits per heavy atom. The zero-order valence-corrected chi connectivity index (χ0v) is 11.1. The highest BCUT2D eigenvalue weighted by Crippen LogP contribution is 2.39. The highest BCUT2D eigenvalue weighted by Gasteiger charge is 2.23. The third kappa shape index (κ3) is 2.06. The van der Waals surface area contributed by atoms with Crippen LogP contribution in [0.15, 0.2) is 49.0 Å².